The van der Waals surface area contributed by atoms with Crippen LogP contribution in [0.25, 0.3) is 0 Å². The third kappa shape index (κ3) is 5.17. The van der Waals surface area contributed by atoms with Crippen molar-refractivity contribution in [2.45, 2.75) is 50.5 Å². The van der Waals surface area contributed by atoms with Crippen LogP contribution < -0.4 is 5.32 Å². The summed E-state index contributed by atoms with van der Waals surface area (Å²) in [6.07, 6.45) is 6.08. The molecule has 4 heteroatoms. The first-order valence-corrected chi connectivity index (χ1v) is 8.49. The van der Waals surface area contributed by atoms with Crippen molar-refractivity contribution in [3.63, 3.8) is 0 Å². The van der Waals surface area contributed by atoms with Crippen LogP contribution in [0.2, 0.25) is 0 Å². The van der Waals surface area contributed by atoms with Crippen molar-refractivity contribution in [2.24, 2.45) is 0 Å². The number of nitrogens with one attached hydrogen (secondary N) is 1. The fraction of sp³-hybridized carbons (Fsp3) is 0.562. The van der Waals surface area contributed by atoms with E-state index in [0.717, 1.165) is 24.2 Å². The molecule has 2 N–H and O–H groups in total. The van der Waals surface area contributed by atoms with Gasteiger partial charge in [0.2, 0.25) is 5.91 Å². The fourth-order valence-electron chi connectivity index (χ4n) is 2.52. The summed E-state index contributed by atoms with van der Waals surface area (Å²) in [5.74, 6) is 1.52. The number of hydrogen-bond acceptors (Lipinski definition) is 3. The van der Waals surface area contributed by atoms with Gasteiger partial charge in [0.15, 0.2) is 0 Å². The van der Waals surface area contributed by atoms with Gasteiger partial charge in [-0.15, -0.1) is 11.8 Å². The first-order valence-electron chi connectivity index (χ1n) is 7.33. The molecule has 3 nitrogen and oxygen atoms in total. The highest BCUT2D eigenvalue weighted by Crippen LogP contribution is 2.18. The monoisotopic (exact) mass is 293 g/mol. The minimum absolute atomic E-state index is 0.0806. The number of thioether (sulfide) groups is 1. The molecule has 0 bridgehead atoms. The number of aliphatic hydroxyl groups is 1. The largest absolute Gasteiger partial charge is 0.392 e. The SMILES string of the molecule is O=C(CSCc1ccc(CO)cc1)NC1CCCCC1. The minimum Gasteiger partial charge on any atom is -0.392 e. The number of carbonyl (C=O) groups is 1. The van der Waals surface area contributed by atoms with Crippen molar-refractivity contribution in [1.82, 2.24) is 5.32 Å². The van der Waals surface area contributed by atoms with Crippen LogP contribution in [0.5, 0.6) is 0 Å². The van der Waals surface area contributed by atoms with Gasteiger partial charge in [0.25, 0.3) is 0 Å². The van der Waals surface area contributed by atoms with Gasteiger partial charge in [-0.1, -0.05) is 43.5 Å². The Bertz CT molecular complexity index is 413. The maximum absolute atomic E-state index is 11.8. The smallest absolute Gasteiger partial charge is 0.230 e. The highest BCUT2D eigenvalue weighted by atomic mass is 32.2. The second-order valence-corrected chi connectivity index (χ2v) is 6.36. The zero-order chi connectivity index (χ0) is 14.2. The number of rotatable bonds is 6. The third-order valence-electron chi connectivity index (χ3n) is 3.68. The van der Waals surface area contributed by atoms with E-state index in [9.17, 15) is 4.79 Å². The van der Waals surface area contributed by atoms with Gasteiger partial charge in [-0.2, -0.15) is 0 Å². The van der Waals surface area contributed by atoms with Crippen LogP contribution in [0.4, 0.5) is 0 Å². The molecule has 1 saturated carbocycles. The minimum atomic E-state index is 0.0806. The Labute approximate surface area is 125 Å². The van der Waals surface area contributed by atoms with Gasteiger partial charge in [-0.05, 0) is 24.0 Å². The van der Waals surface area contributed by atoms with Crippen molar-refractivity contribution in [2.75, 3.05) is 5.75 Å². The Morgan fingerprint density at radius 3 is 2.45 bits per heavy atom. The molecule has 0 atom stereocenters. The van der Waals surface area contributed by atoms with Crippen molar-refractivity contribution in [1.29, 1.82) is 0 Å². The predicted molar refractivity (Wildman–Crippen MR) is 83.5 cm³/mol. The Hall–Kier alpha value is -1.00. The van der Waals surface area contributed by atoms with E-state index >= 15 is 0 Å². The lowest BCUT2D eigenvalue weighted by molar-refractivity contribution is -0.119. The van der Waals surface area contributed by atoms with E-state index in [-0.39, 0.29) is 12.5 Å². The fourth-order valence-corrected chi connectivity index (χ4v) is 3.32. The summed E-state index contributed by atoms with van der Waals surface area (Å²) in [6, 6.07) is 8.28. The molecule has 1 amide bonds. The number of hydrogen-bond donors (Lipinski definition) is 2. The topological polar surface area (TPSA) is 49.3 Å². The first kappa shape index (κ1) is 15.4. The molecule has 0 aliphatic heterocycles. The van der Waals surface area contributed by atoms with Crippen LogP contribution in [-0.2, 0) is 17.2 Å². The van der Waals surface area contributed by atoms with Crippen LogP contribution in [-0.4, -0.2) is 22.8 Å². The van der Waals surface area contributed by atoms with E-state index in [1.165, 1.54) is 24.8 Å². The second-order valence-electron chi connectivity index (χ2n) is 5.37. The van der Waals surface area contributed by atoms with Crippen molar-refractivity contribution in [3.8, 4) is 0 Å². The normalized spacial score (nSPS) is 16.1. The van der Waals surface area contributed by atoms with Crippen molar-refractivity contribution < 1.29 is 9.90 Å². The maximum Gasteiger partial charge on any atom is 0.230 e. The molecule has 0 unspecified atom stereocenters. The lowest BCUT2D eigenvalue weighted by Crippen LogP contribution is -2.37. The Morgan fingerprint density at radius 1 is 1.15 bits per heavy atom. The number of aliphatic hydroxyl groups excluding tert-OH is 1. The Morgan fingerprint density at radius 2 is 1.80 bits per heavy atom. The first-order chi connectivity index (χ1) is 9.78. The summed E-state index contributed by atoms with van der Waals surface area (Å²) in [4.78, 5) is 11.8. The molecule has 1 aliphatic rings. The number of carbonyl (C=O) groups excluding carboxylic acids is 1. The van der Waals surface area contributed by atoms with Gasteiger partial charge in [-0.3, -0.25) is 4.79 Å². The zero-order valence-corrected chi connectivity index (χ0v) is 12.6. The molecular weight excluding hydrogens is 270 g/mol. The molecular formula is C16H23NO2S. The third-order valence-corrected chi connectivity index (χ3v) is 4.68. The maximum atomic E-state index is 11.8. The van der Waals surface area contributed by atoms with E-state index in [0.29, 0.717) is 11.8 Å². The average molecular weight is 293 g/mol. The lowest BCUT2D eigenvalue weighted by Gasteiger charge is -2.22. The van der Waals surface area contributed by atoms with E-state index in [1.807, 2.05) is 24.3 Å². The van der Waals surface area contributed by atoms with Crippen molar-refractivity contribution >= 4 is 17.7 Å². The number of amides is 1. The summed E-state index contributed by atoms with van der Waals surface area (Å²) in [7, 11) is 0. The standard InChI is InChI=1S/C16H23NO2S/c18-10-13-6-8-14(9-7-13)11-20-12-16(19)17-15-4-2-1-3-5-15/h6-9,15,18H,1-5,10-12H2,(H,17,19). The Kier molecular flexibility index (Phi) is 6.40. The van der Waals surface area contributed by atoms with Gasteiger partial charge >= 0.3 is 0 Å². The molecule has 1 aromatic carbocycles. The van der Waals surface area contributed by atoms with Crippen LogP contribution in [0, 0.1) is 0 Å². The van der Waals surface area contributed by atoms with E-state index in [1.54, 1.807) is 11.8 Å². The molecule has 0 spiro atoms. The van der Waals surface area contributed by atoms with E-state index < -0.39 is 0 Å². The van der Waals surface area contributed by atoms with Crippen LogP contribution in [0.15, 0.2) is 24.3 Å². The number of benzene rings is 1. The summed E-state index contributed by atoms with van der Waals surface area (Å²) < 4.78 is 0. The molecule has 20 heavy (non-hydrogen) atoms. The molecule has 0 radical (unpaired) electrons. The molecule has 1 aliphatic carbocycles. The van der Waals surface area contributed by atoms with Gasteiger partial charge in [-0.25, -0.2) is 0 Å². The summed E-state index contributed by atoms with van der Waals surface area (Å²) in [6.45, 7) is 0.0806. The summed E-state index contributed by atoms with van der Waals surface area (Å²) in [5.41, 5.74) is 2.12. The van der Waals surface area contributed by atoms with Crippen LogP contribution >= 0.6 is 11.8 Å². The van der Waals surface area contributed by atoms with Gasteiger partial charge in [0.05, 0.1) is 12.4 Å². The zero-order valence-electron chi connectivity index (χ0n) is 11.8. The lowest BCUT2D eigenvalue weighted by atomic mass is 9.95. The van der Waals surface area contributed by atoms with Gasteiger partial charge in [0.1, 0.15) is 0 Å². The quantitative estimate of drug-likeness (QED) is 0.848. The Balaban J connectivity index is 1.65. The van der Waals surface area contributed by atoms with Crippen LogP contribution in [0.3, 0.4) is 0 Å². The highest BCUT2D eigenvalue weighted by Gasteiger charge is 2.15. The predicted octanol–water partition coefficient (Wildman–Crippen LogP) is 2.86. The molecule has 0 aromatic heterocycles. The molecule has 1 aromatic rings. The average Bonchev–Trinajstić information content (AvgIpc) is 2.49. The highest BCUT2D eigenvalue weighted by molar-refractivity contribution is 7.99. The molecule has 0 saturated heterocycles. The molecule has 2 rings (SSSR count). The van der Waals surface area contributed by atoms with Gasteiger partial charge < -0.3 is 10.4 Å². The molecule has 110 valence electrons. The molecule has 0 heterocycles. The second kappa shape index (κ2) is 8.32. The van der Waals surface area contributed by atoms with E-state index in [2.05, 4.69) is 5.32 Å². The van der Waals surface area contributed by atoms with E-state index in [4.69, 9.17) is 5.11 Å². The summed E-state index contributed by atoms with van der Waals surface area (Å²) in [5, 5.41) is 12.1. The summed E-state index contributed by atoms with van der Waals surface area (Å²) >= 11 is 1.64. The van der Waals surface area contributed by atoms with Crippen LogP contribution in [0.1, 0.15) is 43.2 Å². The molecule has 1 fully saturated rings. The van der Waals surface area contributed by atoms with Gasteiger partial charge in [0, 0.05) is 11.8 Å². The van der Waals surface area contributed by atoms with Crippen molar-refractivity contribution in [3.05, 3.63) is 35.4 Å².